The van der Waals surface area contributed by atoms with Gasteiger partial charge in [0, 0.05) is 5.41 Å². The van der Waals surface area contributed by atoms with Gasteiger partial charge in [-0.3, -0.25) is 9.59 Å². The van der Waals surface area contributed by atoms with E-state index in [1.807, 2.05) is 81.4 Å². The van der Waals surface area contributed by atoms with E-state index in [1.54, 1.807) is 0 Å². The second-order valence-electron chi connectivity index (χ2n) is 17.9. The molecule has 0 radical (unpaired) electrons. The van der Waals surface area contributed by atoms with E-state index in [-0.39, 0.29) is 225 Å². The highest BCUT2D eigenvalue weighted by atomic mass is 33.6. The van der Waals surface area contributed by atoms with E-state index in [2.05, 4.69) is 274 Å². The molecule has 1 aromatic heterocycles. The molecule has 34 unspecified atom stereocenters. The average Bonchev–Trinajstić information content (AvgIpc) is 0.732. The lowest BCUT2D eigenvalue weighted by molar-refractivity contribution is -0.159. The molecule has 0 aliphatic rings. The van der Waals surface area contributed by atoms with Gasteiger partial charge < -0.3 is 24.3 Å². The number of carbonyl (C=O) groups excluding carboxylic acids is 2. The maximum atomic E-state index is 11.9. The van der Waals surface area contributed by atoms with Gasteiger partial charge in [-0.1, -0.05) is 89.4 Å². The Morgan fingerprint density at radius 1 is 0.473 bits per heavy atom. The van der Waals surface area contributed by atoms with Crippen LogP contribution in [0, 0.1) is 0 Å². The Kier molecular flexibility index (Phi) is 72.2. The number of hydrogen-bond donors (Lipinski definition) is 2. The molecular weight excluding hydrogens is 2230 g/mol. The van der Waals surface area contributed by atoms with E-state index in [1.165, 1.54) is 14.0 Å². The summed E-state index contributed by atoms with van der Waals surface area (Å²) < 4.78 is 15.1. The molecule has 0 aliphatic heterocycles. The van der Waals surface area contributed by atoms with Gasteiger partial charge in [0.25, 0.3) is 11.4 Å². The molecule has 0 fully saturated rings. The Hall–Kier alpha value is 20.5. The maximum absolute atomic E-state index is 11.9. The van der Waals surface area contributed by atoms with Gasteiger partial charge in [0.2, 0.25) is 11.9 Å². The first-order valence-electron chi connectivity index (χ1n) is 24.2. The molecule has 2 aromatic carbocycles. The quantitative estimate of drug-likeness (QED) is 0.0339. The SMILES string of the molecule is CC(C)(C)c1nc(O)c(OCc2ccccc2)c(=O)[nH]1.COC(=O)C(OCc1ccccc1)C(C)=O.PPP(P(P)P)P(P(P)P)P(P(P(P(P)P)P(P)P)P(P(P)P)P(P)P)P(P(P(P(P)P)P(P)P)P(P(P)P)P(P)P)P(P(P(P)P)P(P)P)P(P(P)P)P(P)P. The van der Waals surface area contributed by atoms with Crippen LogP contribution in [0.2, 0.25) is 0 Å². The molecule has 0 aliphatic carbocycles. The van der Waals surface area contributed by atoms with Crippen molar-refractivity contribution in [3.05, 3.63) is 88.0 Å². The third kappa shape index (κ3) is 40.4. The van der Waals surface area contributed by atoms with Gasteiger partial charge in [0.15, 0.2) is 5.78 Å². The molecule has 3 rings (SSSR count). The number of aromatic amines is 1. The zero-order valence-corrected chi connectivity index (χ0v) is 109. The Bertz CT molecular complexity index is 2490. The van der Waals surface area contributed by atoms with Gasteiger partial charge >= 0.3 is 5.97 Å². The van der Waals surface area contributed by atoms with Gasteiger partial charge in [0.1, 0.15) is 12.4 Å². The van der Waals surface area contributed by atoms with Gasteiger partial charge in [-0.05, 0) is 207 Å². The van der Waals surface area contributed by atoms with E-state index < -0.39 is 17.6 Å². The molecular formula is C27H91N2O7P57. The Morgan fingerprint density at radius 3 is 0.989 bits per heavy atom. The third-order valence-corrected chi connectivity index (χ3v) is 406. The van der Waals surface area contributed by atoms with Gasteiger partial charge in [-0.25, -0.2) is 4.79 Å². The predicted molar refractivity (Wildman–Crippen MR) is 610 cm³/mol. The number of hydrogen-bond acceptors (Lipinski definition) is 8. The van der Waals surface area contributed by atoms with Crippen LogP contribution in [-0.4, -0.2) is 40.0 Å². The van der Waals surface area contributed by atoms with Crippen LogP contribution in [-0.2, 0) is 37.7 Å². The summed E-state index contributed by atoms with van der Waals surface area (Å²) in [6.07, 6.45) is -1.13. The van der Waals surface area contributed by atoms with Crippen LogP contribution in [0.1, 0.15) is 44.6 Å². The number of esters is 1. The first-order valence-corrected chi connectivity index (χ1v) is 128. The van der Waals surface area contributed by atoms with E-state index in [0.29, 0.717) is 5.82 Å². The monoisotopic (exact) mass is 2320 g/mol. The Morgan fingerprint density at radius 2 is 0.753 bits per heavy atom. The molecule has 93 heavy (non-hydrogen) atoms. The molecule has 9 nitrogen and oxygen atoms in total. The molecule has 2 N–H and O–H groups in total. The molecule has 0 bridgehead atoms. The maximum Gasteiger partial charge on any atom is 0.342 e. The molecule has 536 valence electrons. The molecule has 66 heteroatoms. The van der Waals surface area contributed by atoms with Crippen molar-refractivity contribution in [2.75, 3.05) is 7.11 Å². The number of nitrogens with one attached hydrogen (secondary N) is 1. The smallest absolute Gasteiger partial charge is 0.342 e. The minimum Gasteiger partial charge on any atom is -0.490 e. The summed E-state index contributed by atoms with van der Waals surface area (Å²) in [5, 5.41) is 9.86. The predicted octanol–water partition coefficient (Wildman–Crippen LogP) is 37.0. The number of ether oxygens (including phenoxy) is 3. The summed E-state index contributed by atoms with van der Waals surface area (Å²) in [6.45, 7) is 2.02. The van der Waals surface area contributed by atoms with Crippen molar-refractivity contribution in [3.63, 3.8) is 0 Å². The summed E-state index contributed by atoms with van der Waals surface area (Å²) in [5.41, 5.74) is 0.983. The van der Waals surface area contributed by atoms with Crippen LogP contribution >= 0.6 is 456 Å². The third-order valence-electron chi connectivity index (χ3n) is 9.79. The van der Waals surface area contributed by atoms with Gasteiger partial charge in [-0.2, -0.15) is 4.98 Å². The van der Waals surface area contributed by atoms with E-state index >= 15 is 0 Å². The van der Waals surface area contributed by atoms with E-state index in [0.717, 1.165) is 19.1 Å². The summed E-state index contributed by atoms with van der Waals surface area (Å²) in [5.74, 6) is -1.13. The summed E-state index contributed by atoms with van der Waals surface area (Å²) >= 11 is 0. The number of rotatable bonds is 35. The topological polar surface area (TPSA) is 128 Å². The first-order chi connectivity index (χ1) is 43.0. The number of H-pyrrole nitrogens is 1. The van der Waals surface area contributed by atoms with E-state index in [9.17, 15) is 19.5 Å². The fraction of sp³-hybridized carbons (Fsp3) is 0.333. The number of carbonyl (C=O) groups is 2. The zero-order chi connectivity index (χ0) is 72.0. The van der Waals surface area contributed by atoms with Crippen LogP contribution in [0.4, 0.5) is 0 Å². The summed E-state index contributed by atoms with van der Waals surface area (Å²) in [7, 11) is 105. The summed E-state index contributed by atoms with van der Waals surface area (Å²) in [6, 6.07) is 18.7. The molecule has 0 saturated carbocycles. The highest BCUT2D eigenvalue weighted by Crippen LogP contribution is 3.48. The zero-order valence-electron chi connectivity index (χ0n) is 50.4. The highest BCUT2D eigenvalue weighted by molar-refractivity contribution is 9.53. The van der Waals surface area contributed by atoms with Crippen molar-refractivity contribution in [3.8, 4) is 11.6 Å². The standard InChI is InChI=1S/C15H18N2O3.C12H14O4.H59P57/c1-15(2,3)14-16-12(18)11(13(19)17-14)20-9-10-7-5-4-6-8-10;1-9(13)11(12(14)15-2)16-8-10-6-4-3-5-7-10;1-30-45(31(2)3)52(44(28)29)56(53(46(32(4)5)33(6)7)47(34(8)9)35(10)11)57(54(48(36(12)13)37(14)15)49(38(16)17)39(18)19)55(50(40(20)21)41(22)23)51(42(24)25)43(26)27/h4-8H,9H2,1-3H3,(H2,16,17,18,19);3-7,11H,8H2,1-2H3;30H,1-29H2. The van der Waals surface area contributed by atoms with Gasteiger partial charge in [0.05, 0.1) is 13.7 Å². The minimum atomic E-state index is -1.13. The second-order valence-corrected chi connectivity index (χ2v) is 251. The van der Waals surface area contributed by atoms with E-state index in [4.69, 9.17) is 9.47 Å². The number of nitrogens with zero attached hydrogens (tertiary/aromatic N) is 1. The van der Waals surface area contributed by atoms with Crippen molar-refractivity contribution >= 4 is 467 Å². The number of ketones is 1. The molecule has 34 atom stereocenters. The van der Waals surface area contributed by atoms with Crippen molar-refractivity contribution < 1.29 is 28.9 Å². The number of aromatic hydroxyl groups is 1. The van der Waals surface area contributed by atoms with Crippen LogP contribution < -0.4 is 10.3 Å². The summed E-state index contributed by atoms with van der Waals surface area (Å²) in [4.78, 5) is 40.9. The fourth-order valence-electron chi connectivity index (χ4n) is 6.25. The largest absolute Gasteiger partial charge is 0.490 e. The van der Waals surface area contributed by atoms with Crippen LogP contribution in [0.25, 0.3) is 0 Å². The van der Waals surface area contributed by atoms with Crippen molar-refractivity contribution in [1.82, 2.24) is 9.97 Å². The van der Waals surface area contributed by atoms with Crippen molar-refractivity contribution in [1.29, 1.82) is 0 Å². The van der Waals surface area contributed by atoms with Gasteiger partial charge in [-0.15, -0.1) is 259 Å². The molecule has 0 saturated heterocycles. The molecule has 0 amide bonds. The molecule has 1 heterocycles. The number of methoxy groups -OCH3 is 1. The average molecular weight is 2320 g/mol. The number of benzene rings is 2. The lowest BCUT2D eigenvalue weighted by Crippen LogP contribution is -2.32. The van der Waals surface area contributed by atoms with Crippen LogP contribution in [0.15, 0.2) is 65.5 Å². The normalized spacial score (nSPS) is 14.4. The minimum absolute atomic E-state index is 0.102. The highest BCUT2D eigenvalue weighted by Gasteiger charge is 2.60. The molecule has 3 aromatic rings. The second kappa shape index (κ2) is 60.2. The first kappa shape index (κ1) is 112. The molecule has 0 spiro atoms. The Labute approximate surface area is 657 Å². The van der Waals surface area contributed by atoms with Crippen LogP contribution in [0.5, 0.6) is 11.6 Å². The number of Topliss-reactive ketones (excluding diaryl/α,β-unsaturated/α-hetero) is 1. The number of aromatic nitrogens is 2. The lowest BCUT2D eigenvalue weighted by Gasteiger charge is -2.59. The van der Waals surface area contributed by atoms with Crippen molar-refractivity contribution in [2.24, 2.45) is 0 Å². The Balaban J connectivity index is 0.000000954. The van der Waals surface area contributed by atoms with Crippen molar-refractivity contribution in [2.45, 2.75) is 52.4 Å². The van der Waals surface area contributed by atoms with Crippen LogP contribution in [0.3, 0.4) is 0 Å². The lowest BCUT2D eigenvalue weighted by atomic mass is 9.96. The fourth-order valence-corrected chi connectivity index (χ4v) is 823.